The molecule has 1 saturated heterocycles. The van der Waals surface area contributed by atoms with Gasteiger partial charge in [0.05, 0.1) is 17.4 Å². The minimum atomic E-state index is -3.48. The molecule has 1 aromatic rings. The highest BCUT2D eigenvalue weighted by Crippen LogP contribution is 2.23. The van der Waals surface area contributed by atoms with E-state index in [1.807, 2.05) is 0 Å². The summed E-state index contributed by atoms with van der Waals surface area (Å²) < 4.78 is 39.0. The zero-order valence-corrected chi connectivity index (χ0v) is 14.2. The SMILES string of the molecule is Cc1cccc(C(=O)N2C[C@@H](CS(=O)(=O)N(C)C)[C@H](O)C2)c1F. The third-order valence-electron chi connectivity index (χ3n) is 4.10. The van der Waals surface area contributed by atoms with Gasteiger partial charge in [-0.15, -0.1) is 0 Å². The first-order valence-corrected chi connectivity index (χ1v) is 8.87. The van der Waals surface area contributed by atoms with Crippen LogP contribution >= 0.6 is 0 Å². The summed E-state index contributed by atoms with van der Waals surface area (Å²) in [6.45, 7) is 1.65. The highest BCUT2D eigenvalue weighted by atomic mass is 32.2. The highest BCUT2D eigenvalue weighted by Gasteiger charge is 2.38. The molecule has 1 heterocycles. The van der Waals surface area contributed by atoms with Gasteiger partial charge >= 0.3 is 0 Å². The quantitative estimate of drug-likeness (QED) is 0.861. The molecule has 0 bridgehead atoms. The fourth-order valence-corrected chi connectivity index (χ4v) is 3.75. The van der Waals surface area contributed by atoms with Gasteiger partial charge in [0.2, 0.25) is 10.0 Å². The maximum atomic E-state index is 14.1. The molecule has 0 radical (unpaired) electrons. The van der Waals surface area contributed by atoms with Crippen LogP contribution in [0.25, 0.3) is 0 Å². The Kier molecular flexibility index (Phi) is 5.07. The van der Waals surface area contributed by atoms with Crippen LogP contribution in [-0.4, -0.2) is 67.7 Å². The second kappa shape index (κ2) is 6.54. The predicted molar refractivity (Wildman–Crippen MR) is 84.0 cm³/mol. The first-order chi connectivity index (χ1) is 10.6. The van der Waals surface area contributed by atoms with Crippen molar-refractivity contribution in [3.63, 3.8) is 0 Å². The lowest BCUT2D eigenvalue weighted by Gasteiger charge is -2.18. The van der Waals surface area contributed by atoms with Crippen LogP contribution < -0.4 is 0 Å². The summed E-state index contributed by atoms with van der Waals surface area (Å²) in [6.07, 6.45) is -0.943. The standard InChI is InChI=1S/C15H21FN2O4S/c1-10-5-4-6-12(14(10)16)15(20)18-7-11(13(19)8-18)9-23(21,22)17(2)3/h4-6,11,13,19H,7-9H2,1-3H3/t11-,13+/m0/s1. The van der Waals surface area contributed by atoms with E-state index in [1.54, 1.807) is 19.1 Å². The number of rotatable bonds is 4. The lowest BCUT2D eigenvalue weighted by molar-refractivity contribution is 0.0760. The monoisotopic (exact) mass is 344 g/mol. The normalized spacial score (nSPS) is 21.9. The number of likely N-dealkylation sites (tertiary alicyclic amines) is 1. The van der Waals surface area contributed by atoms with Crippen LogP contribution in [0.15, 0.2) is 18.2 Å². The molecule has 2 rings (SSSR count). The first-order valence-electron chi connectivity index (χ1n) is 7.26. The van der Waals surface area contributed by atoms with Crippen molar-refractivity contribution in [2.45, 2.75) is 13.0 Å². The average Bonchev–Trinajstić information content (AvgIpc) is 2.81. The molecule has 1 fully saturated rings. The van der Waals surface area contributed by atoms with Gasteiger partial charge in [-0.1, -0.05) is 12.1 Å². The van der Waals surface area contributed by atoms with E-state index in [2.05, 4.69) is 0 Å². The number of hydrogen-bond donors (Lipinski definition) is 1. The number of aliphatic hydroxyl groups is 1. The maximum absolute atomic E-state index is 14.1. The third kappa shape index (κ3) is 3.70. The molecule has 0 saturated carbocycles. The second-order valence-electron chi connectivity index (χ2n) is 6.03. The first kappa shape index (κ1) is 17.8. The number of benzene rings is 1. The summed E-state index contributed by atoms with van der Waals surface area (Å²) in [6, 6.07) is 4.55. The van der Waals surface area contributed by atoms with Crippen LogP contribution in [-0.2, 0) is 10.0 Å². The van der Waals surface area contributed by atoms with E-state index in [-0.39, 0.29) is 24.4 Å². The molecule has 6 nitrogen and oxygen atoms in total. The number of halogens is 1. The van der Waals surface area contributed by atoms with Gasteiger partial charge in [0.25, 0.3) is 5.91 Å². The number of sulfonamides is 1. The molecule has 1 amide bonds. The summed E-state index contributed by atoms with van der Waals surface area (Å²) in [5, 5.41) is 10.1. The summed E-state index contributed by atoms with van der Waals surface area (Å²) in [5.41, 5.74) is 0.302. The van der Waals surface area contributed by atoms with Crippen LogP contribution in [0, 0.1) is 18.7 Å². The molecule has 0 unspecified atom stereocenters. The number of aliphatic hydroxyl groups excluding tert-OH is 1. The Labute approximate surface area is 135 Å². The summed E-state index contributed by atoms with van der Waals surface area (Å²) in [7, 11) is -0.645. The van der Waals surface area contributed by atoms with Gasteiger partial charge in [-0.05, 0) is 18.6 Å². The van der Waals surface area contributed by atoms with E-state index in [9.17, 15) is 22.7 Å². The fourth-order valence-electron chi connectivity index (χ4n) is 2.59. The molecule has 1 N–H and O–H groups in total. The fraction of sp³-hybridized carbons (Fsp3) is 0.533. The molecule has 128 valence electrons. The number of hydrogen-bond acceptors (Lipinski definition) is 4. The van der Waals surface area contributed by atoms with Crippen LogP contribution in [0.4, 0.5) is 4.39 Å². The van der Waals surface area contributed by atoms with Crippen LogP contribution in [0.2, 0.25) is 0 Å². The maximum Gasteiger partial charge on any atom is 0.256 e. The molecule has 0 spiro atoms. The largest absolute Gasteiger partial charge is 0.391 e. The zero-order valence-electron chi connectivity index (χ0n) is 13.4. The van der Waals surface area contributed by atoms with E-state index in [0.29, 0.717) is 5.56 Å². The van der Waals surface area contributed by atoms with Gasteiger partial charge in [0.15, 0.2) is 0 Å². The molecule has 0 aliphatic carbocycles. The van der Waals surface area contributed by atoms with Crippen LogP contribution in [0.1, 0.15) is 15.9 Å². The summed E-state index contributed by atoms with van der Waals surface area (Å²) in [5.74, 6) is -1.95. The second-order valence-corrected chi connectivity index (χ2v) is 8.26. The van der Waals surface area contributed by atoms with Gasteiger partial charge < -0.3 is 10.0 Å². The number of carbonyl (C=O) groups is 1. The lowest BCUT2D eigenvalue weighted by Crippen LogP contribution is -2.33. The molecule has 1 aromatic carbocycles. The molecular formula is C15H21FN2O4S. The number of nitrogens with zero attached hydrogens (tertiary/aromatic N) is 2. The number of amides is 1. The Hall–Kier alpha value is -1.51. The van der Waals surface area contributed by atoms with Crippen molar-refractivity contribution >= 4 is 15.9 Å². The molecule has 0 aromatic heterocycles. The number of β-amino-alcohol motifs (C(OH)–C–C–N with tert-alkyl or cyclic N) is 1. The Bertz CT molecular complexity index is 705. The average molecular weight is 344 g/mol. The van der Waals surface area contributed by atoms with E-state index < -0.39 is 33.8 Å². The van der Waals surface area contributed by atoms with E-state index in [1.165, 1.54) is 25.1 Å². The van der Waals surface area contributed by atoms with Gasteiger partial charge in [0.1, 0.15) is 5.82 Å². The Morgan fingerprint density at radius 2 is 2.04 bits per heavy atom. The lowest BCUT2D eigenvalue weighted by atomic mass is 10.1. The third-order valence-corrected chi connectivity index (χ3v) is 6.06. The Morgan fingerprint density at radius 3 is 2.65 bits per heavy atom. The van der Waals surface area contributed by atoms with Gasteiger partial charge in [-0.25, -0.2) is 17.1 Å². The minimum absolute atomic E-state index is 0.000168. The van der Waals surface area contributed by atoms with Crippen molar-refractivity contribution in [1.82, 2.24) is 9.21 Å². The molecule has 2 atom stereocenters. The van der Waals surface area contributed by atoms with Crippen LogP contribution in [0.5, 0.6) is 0 Å². The van der Waals surface area contributed by atoms with Gasteiger partial charge in [-0.2, -0.15) is 0 Å². The topological polar surface area (TPSA) is 77.9 Å². The molecule has 1 aliphatic rings. The molecule has 1 aliphatic heterocycles. The van der Waals surface area contributed by atoms with E-state index in [0.717, 1.165) is 4.31 Å². The van der Waals surface area contributed by atoms with Crippen molar-refractivity contribution in [3.05, 3.63) is 35.1 Å². The molecular weight excluding hydrogens is 323 g/mol. The summed E-state index contributed by atoms with van der Waals surface area (Å²) >= 11 is 0. The zero-order chi connectivity index (χ0) is 17.4. The van der Waals surface area contributed by atoms with Crippen molar-refractivity contribution in [2.24, 2.45) is 5.92 Å². The molecule has 23 heavy (non-hydrogen) atoms. The number of carbonyl (C=O) groups excluding carboxylic acids is 1. The van der Waals surface area contributed by atoms with Gasteiger partial charge in [-0.3, -0.25) is 4.79 Å². The highest BCUT2D eigenvalue weighted by molar-refractivity contribution is 7.89. The molecule has 8 heteroatoms. The predicted octanol–water partition coefficient (Wildman–Crippen LogP) is 0.458. The van der Waals surface area contributed by atoms with Gasteiger partial charge in [0, 0.05) is 33.1 Å². The minimum Gasteiger partial charge on any atom is -0.391 e. The van der Waals surface area contributed by atoms with Crippen LogP contribution in [0.3, 0.4) is 0 Å². The Morgan fingerprint density at radius 1 is 1.39 bits per heavy atom. The van der Waals surface area contributed by atoms with E-state index in [4.69, 9.17) is 0 Å². The van der Waals surface area contributed by atoms with E-state index >= 15 is 0 Å². The number of aryl methyl sites for hydroxylation is 1. The van der Waals surface area contributed by atoms with Crippen molar-refractivity contribution in [3.8, 4) is 0 Å². The van der Waals surface area contributed by atoms with Crippen molar-refractivity contribution in [1.29, 1.82) is 0 Å². The van der Waals surface area contributed by atoms with Crippen molar-refractivity contribution in [2.75, 3.05) is 32.9 Å². The Balaban J connectivity index is 2.15. The summed E-state index contributed by atoms with van der Waals surface area (Å²) in [4.78, 5) is 13.7. The smallest absolute Gasteiger partial charge is 0.256 e. The van der Waals surface area contributed by atoms with Crippen molar-refractivity contribution < 1.29 is 22.7 Å².